The fourth-order valence-electron chi connectivity index (χ4n) is 4.16. The third-order valence-electron chi connectivity index (χ3n) is 6.03. The van der Waals surface area contributed by atoms with Gasteiger partial charge in [-0.1, -0.05) is 36.4 Å². The number of nitrogens with one attached hydrogen (secondary N) is 1. The van der Waals surface area contributed by atoms with Crippen LogP contribution < -0.4 is 15.1 Å². The second-order valence-corrected chi connectivity index (χ2v) is 8.55. The fraction of sp³-hybridized carbons (Fsp3) is 0.222. The number of anilines is 2. The number of carbonyl (C=O) groups excluding carboxylic acids is 1. The van der Waals surface area contributed by atoms with Gasteiger partial charge < -0.3 is 19.7 Å². The van der Waals surface area contributed by atoms with Crippen LogP contribution in [0.2, 0.25) is 0 Å². The smallest absolute Gasteiger partial charge is 0.278 e. The van der Waals surface area contributed by atoms with Crippen molar-refractivity contribution < 1.29 is 9.18 Å². The van der Waals surface area contributed by atoms with Crippen molar-refractivity contribution in [2.45, 2.75) is 13.1 Å². The number of rotatable bonds is 7. The molecule has 0 saturated carbocycles. The van der Waals surface area contributed by atoms with Gasteiger partial charge in [0.1, 0.15) is 17.3 Å². The normalized spacial score (nSPS) is 13.6. The summed E-state index contributed by atoms with van der Waals surface area (Å²) < 4.78 is 15.5. The molecule has 4 aromatic rings. The van der Waals surface area contributed by atoms with E-state index in [1.165, 1.54) is 12.1 Å². The molecule has 0 spiro atoms. The zero-order valence-corrected chi connectivity index (χ0v) is 19.3. The minimum Gasteiger partial charge on any atom is -0.354 e. The van der Waals surface area contributed by atoms with Crippen molar-refractivity contribution in [3.63, 3.8) is 0 Å². The average molecular weight is 471 g/mol. The molecular weight excluding hydrogens is 443 g/mol. The van der Waals surface area contributed by atoms with Gasteiger partial charge in [-0.3, -0.25) is 4.79 Å². The van der Waals surface area contributed by atoms with E-state index in [1.807, 2.05) is 47.0 Å². The molecule has 1 N–H and O–H groups in total. The quantitative estimate of drug-likeness (QED) is 0.446. The first kappa shape index (κ1) is 22.7. The maximum Gasteiger partial charge on any atom is 0.278 e. The Morgan fingerprint density at radius 2 is 1.71 bits per heavy atom. The summed E-state index contributed by atoms with van der Waals surface area (Å²) in [7, 11) is 0. The topological polar surface area (TPSA) is 66.3 Å². The Hall–Kier alpha value is -4.04. The van der Waals surface area contributed by atoms with E-state index < -0.39 is 0 Å². The summed E-state index contributed by atoms with van der Waals surface area (Å²) in [5, 5.41) is 3.34. The van der Waals surface area contributed by atoms with E-state index in [0.29, 0.717) is 24.5 Å². The van der Waals surface area contributed by atoms with E-state index in [9.17, 15) is 9.18 Å². The standard InChI is InChI=1S/C27H27FN6O/c28-23-7-9-24(10-8-23)34(18-22-6-11-26(30-16-22)33-14-12-29-13-15-33)27(35)25-19-32(20-31-25)17-21-4-2-1-3-5-21/h1-11,16,19-20,29H,12-15,17-18H2. The zero-order valence-electron chi connectivity index (χ0n) is 19.3. The monoisotopic (exact) mass is 470 g/mol. The molecule has 5 rings (SSSR count). The maximum atomic E-state index is 13.6. The van der Waals surface area contributed by atoms with Crippen LogP contribution in [0.1, 0.15) is 21.6 Å². The summed E-state index contributed by atoms with van der Waals surface area (Å²) in [4.78, 5) is 26.4. The van der Waals surface area contributed by atoms with Crippen molar-refractivity contribution >= 4 is 17.4 Å². The van der Waals surface area contributed by atoms with Gasteiger partial charge in [-0.2, -0.15) is 0 Å². The molecule has 1 amide bonds. The van der Waals surface area contributed by atoms with Gasteiger partial charge in [-0.05, 0) is 41.5 Å². The predicted molar refractivity (Wildman–Crippen MR) is 134 cm³/mol. The van der Waals surface area contributed by atoms with Crippen molar-refractivity contribution in [1.82, 2.24) is 19.9 Å². The molecule has 7 nitrogen and oxygen atoms in total. The van der Waals surface area contributed by atoms with Crippen LogP contribution in [-0.2, 0) is 13.1 Å². The van der Waals surface area contributed by atoms with Crippen molar-refractivity contribution in [2.75, 3.05) is 36.0 Å². The highest BCUT2D eigenvalue weighted by Gasteiger charge is 2.21. The number of carbonyl (C=O) groups is 1. The summed E-state index contributed by atoms with van der Waals surface area (Å²) in [5.41, 5.74) is 2.93. The van der Waals surface area contributed by atoms with Gasteiger partial charge >= 0.3 is 0 Å². The van der Waals surface area contributed by atoms with Crippen LogP contribution in [0.4, 0.5) is 15.9 Å². The molecule has 2 aromatic heterocycles. The largest absolute Gasteiger partial charge is 0.354 e. The number of nitrogens with zero attached hydrogens (tertiary/aromatic N) is 5. The maximum absolute atomic E-state index is 13.6. The van der Waals surface area contributed by atoms with E-state index >= 15 is 0 Å². The zero-order chi connectivity index (χ0) is 24.0. The molecule has 35 heavy (non-hydrogen) atoms. The van der Waals surface area contributed by atoms with Crippen molar-refractivity contribution in [3.8, 4) is 0 Å². The van der Waals surface area contributed by atoms with E-state index in [0.717, 1.165) is 43.1 Å². The number of aromatic nitrogens is 3. The van der Waals surface area contributed by atoms with Crippen LogP contribution in [0.3, 0.4) is 0 Å². The third-order valence-corrected chi connectivity index (χ3v) is 6.03. The number of benzene rings is 2. The van der Waals surface area contributed by atoms with Gasteiger partial charge in [0.2, 0.25) is 0 Å². The number of halogens is 1. The molecule has 1 aliphatic heterocycles. The summed E-state index contributed by atoms with van der Waals surface area (Å²) in [6.45, 7) is 4.62. The van der Waals surface area contributed by atoms with Crippen LogP contribution in [0.25, 0.3) is 0 Å². The Bertz CT molecular complexity index is 1250. The number of amides is 1. The lowest BCUT2D eigenvalue weighted by molar-refractivity contribution is 0.0980. The molecule has 0 bridgehead atoms. The second-order valence-electron chi connectivity index (χ2n) is 8.55. The first-order chi connectivity index (χ1) is 17.2. The molecule has 0 radical (unpaired) electrons. The van der Waals surface area contributed by atoms with Crippen LogP contribution in [0.15, 0.2) is 85.5 Å². The Morgan fingerprint density at radius 3 is 2.43 bits per heavy atom. The Labute approximate surface area is 203 Å². The summed E-state index contributed by atoms with van der Waals surface area (Å²) in [6, 6.07) is 19.9. The van der Waals surface area contributed by atoms with Crippen LogP contribution in [0.5, 0.6) is 0 Å². The first-order valence-electron chi connectivity index (χ1n) is 11.7. The van der Waals surface area contributed by atoms with Gasteiger partial charge in [-0.15, -0.1) is 0 Å². The van der Waals surface area contributed by atoms with Crippen molar-refractivity contribution in [3.05, 3.63) is 108 Å². The Morgan fingerprint density at radius 1 is 0.943 bits per heavy atom. The minimum atomic E-state index is -0.352. The van der Waals surface area contributed by atoms with Crippen LogP contribution >= 0.6 is 0 Å². The Kier molecular flexibility index (Phi) is 6.81. The van der Waals surface area contributed by atoms with Gasteiger partial charge in [-0.25, -0.2) is 14.4 Å². The highest BCUT2D eigenvalue weighted by atomic mass is 19.1. The molecule has 1 saturated heterocycles. The van der Waals surface area contributed by atoms with E-state index in [-0.39, 0.29) is 11.7 Å². The second kappa shape index (κ2) is 10.5. The molecule has 0 atom stereocenters. The van der Waals surface area contributed by atoms with E-state index in [4.69, 9.17) is 0 Å². The number of hydrogen-bond acceptors (Lipinski definition) is 5. The third kappa shape index (κ3) is 5.55. The SMILES string of the molecule is O=C(c1cn(Cc2ccccc2)cn1)N(Cc1ccc(N2CCNCC2)nc1)c1ccc(F)cc1. The molecule has 3 heterocycles. The van der Waals surface area contributed by atoms with Gasteiger partial charge in [0, 0.05) is 50.8 Å². The number of imidazole rings is 1. The summed E-state index contributed by atoms with van der Waals surface area (Å²) in [6.07, 6.45) is 5.21. The molecule has 8 heteroatoms. The van der Waals surface area contributed by atoms with E-state index in [2.05, 4.69) is 20.2 Å². The average Bonchev–Trinajstić information content (AvgIpc) is 3.37. The molecule has 0 unspecified atom stereocenters. The molecule has 0 aliphatic carbocycles. The predicted octanol–water partition coefficient (Wildman–Crippen LogP) is 3.72. The highest BCUT2D eigenvalue weighted by Crippen LogP contribution is 2.21. The minimum absolute atomic E-state index is 0.255. The molecule has 178 valence electrons. The molecule has 2 aromatic carbocycles. The molecular formula is C27H27FN6O. The van der Waals surface area contributed by atoms with Crippen molar-refractivity contribution in [1.29, 1.82) is 0 Å². The van der Waals surface area contributed by atoms with E-state index in [1.54, 1.807) is 35.8 Å². The number of pyridine rings is 1. The van der Waals surface area contributed by atoms with Crippen molar-refractivity contribution in [2.24, 2.45) is 0 Å². The molecule has 1 fully saturated rings. The molecule has 1 aliphatic rings. The van der Waals surface area contributed by atoms with Crippen LogP contribution in [0, 0.1) is 5.82 Å². The summed E-state index contributed by atoms with van der Waals surface area (Å²) in [5.74, 6) is 0.319. The lowest BCUT2D eigenvalue weighted by atomic mass is 10.2. The van der Waals surface area contributed by atoms with Crippen LogP contribution in [-0.4, -0.2) is 46.6 Å². The van der Waals surface area contributed by atoms with Gasteiger partial charge in [0.15, 0.2) is 0 Å². The highest BCUT2D eigenvalue weighted by molar-refractivity contribution is 6.04. The van der Waals surface area contributed by atoms with Gasteiger partial charge in [0.25, 0.3) is 5.91 Å². The number of piperazine rings is 1. The lowest BCUT2D eigenvalue weighted by Crippen LogP contribution is -2.43. The fourth-order valence-corrected chi connectivity index (χ4v) is 4.16. The Balaban J connectivity index is 1.36. The first-order valence-corrected chi connectivity index (χ1v) is 11.7. The number of hydrogen-bond donors (Lipinski definition) is 1. The lowest BCUT2D eigenvalue weighted by Gasteiger charge is -2.28. The summed E-state index contributed by atoms with van der Waals surface area (Å²) >= 11 is 0. The van der Waals surface area contributed by atoms with Gasteiger partial charge in [0.05, 0.1) is 12.9 Å².